The van der Waals surface area contributed by atoms with E-state index in [9.17, 15) is 4.79 Å². The normalized spacial score (nSPS) is 11.4. The highest BCUT2D eigenvalue weighted by atomic mass is 16.5. The van der Waals surface area contributed by atoms with E-state index in [1.807, 2.05) is 12.1 Å². The lowest BCUT2D eigenvalue weighted by Gasteiger charge is -2.10. The summed E-state index contributed by atoms with van der Waals surface area (Å²) in [5.41, 5.74) is 0. The van der Waals surface area contributed by atoms with Gasteiger partial charge in [0.15, 0.2) is 0 Å². The van der Waals surface area contributed by atoms with Crippen molar-refractivity contribution in [3.05, 3.63) is 78.9 Å². The number of hydrogen-bond donors (Lipinski definition) is 0. The van der Waals surface area contributed by atoms with E-state index >= 15 is 0 Å². The van der Waals surface area contributed by atoms with Crippen LogP contribution in [-0.2, 0) is 4.79 Å². The molecule has 117 valence electrons. The third-order valence-corrected chi connectivity index (χ3v) is 4.81. The number of rotatable bonds is 2. The third-order valence-electron chi connectivity index (χ3n) is 4.81. The Morgan fingerprint density at radius 1 is 0.560 bits per heavy atom. The van der Waals surface area contributed by atoms with E-state index in [2.05, 4.69) is 60.7 Å². The summed E-state index contributed by atoms with van der Waals surface area (Å²) in [5.74, 6) is 0.534. The summed E-state index contributed by atoms with van der Waals surface area (Å²) in [5, 5.41) is 9.12. The zero-order chi connectivity index (χ0) is 16.8. The Hall–Kier alpha value is -3.39. The van der Waals surface area contributed by atoms with E-state index in [0.717, 1.165) is 16.2 Å². The molecule has 1 radical (unpaired) electrons. The van der Waals surface area contributed by atoms with Crippen LogP contribution in [0.25, 0.3) is 43.1 Å². The van der Waals surface area contributed by atoms with Gasteiger partial charge in [-0.3, -0.25) is 0 Å². The summed E-state index contributed by atoms with van der Waals surface area (Å²) in [6, 6.07) is 27.1. The molecular formula is C23H13O2. The van der Waals surface area contributed by atoms with Crippen LogP contribution >= 0.6 is 0 Å². The average molecular weight is 321 g/mol. The molecule has 0 aromatic heterocycles. The Labute approximate surface area is 144 Å². The molecule has 0 spiro atoms. The molecule has 0 heterocycles. The lowest BCUT2D eigenvalue weighted by Crippen LogP contribution is -1.90. The van der Waals surface area contributed by atoms with Crippen LogP contribution in [0.2, 0.25) is 0 Å². The maximum absolute atomic E-state index is 10.7. The SMILES string of the molecule is O=[C]Oc1cccc2cc3ccc4cc5ccccc5cc4c3cc12. The average Bonchev–Trinajstić information content (AvgIpc) is 2.65. The van der Waals surface area contributed by atoms with Gasteiger partial charge in [-0.05, 0) is 68.0 Å². The first-order valence-corrected chi connectivity index (χ1v) is 8.15. The van der Waals surface area contributed by atoms with E-state index < -0.39 is 0 Å². The van der Waals surface area contributed by atoms with Crippen LogP contribution < -0.4 is 4.74 Å². The lowest BCUT2D eigenvalue weighted by atomic mass is 9.96. The molecule has 5 aromatic rings. The fourth-order valence-corrected chi connectivity index (χ4v) is 3.63. The number of benzene rings is 5. The van der Waals surface area contributed by atoms with E-state index in [0.29, 0.717) is 5.75 Å². The maximum atomic E-state index is 10.7. The number of carbonyl (C=O) groups excluding carboxylic acids is 1. The molecule has 0 N–H and O–H groups in total. The van der Waals surface area contributed by atoms with Crippen molar-refractivity contribution in [2.24, 2.45) is 0 Å². The molecule has 0 bridgehead atoms. The molecule has 0 atom stereocenters. The first-order chi connectivity index (χ1) is 12.3. The number of fused-ring (bicyclic) bond motifs is 5. The molecule has 5 rings (SSSR count). The predicted octanol–water partition coefficient (Wildman–Crippen LogP) is 5.75. The van der Waals surface area contributed by atoms with Gasteiger partial charge in [0.1, 0.15) is 5.75 Å². The number of ether oxygens (including phenoxy) is 1. The van der Waals surface area contributed by atoms with Crippen LogP contribution in [0.5, 0.6) is 5.75 Å². The van der Waals surface area contributed by atoms with Crippen molar-refractivity contribution in [3.63, 3.8) is 0 Å². The highest BCUT2D eigenvalue weighted by Crippen LogP contribution is 2.35. The summed E-state index contributed by atoms with van der Waals surface area (Å²) >= 11 is 0. The Balaban J connectivity index is 1.94. The van der Waals surface area contributed by atoms with Crippen LogP contribution in [0.1, 0.15) is 0 Å². The second-order valence-corrected chi connectivity index (χ2v) is 6.22. The van der Waals surface area contributed by atoms with Gasteiger partial charge in [0, 0.05) is 5.39 Å². The summed E-state index contributed by atoms with van der Waals surface area (Å²) in [6.07, 6.45) is 0. The quantitative estimate of drug-likeness (QED) is 0.306. The zero-order valence-corrected chi connectivity index (χ0v) is 13.3. The molecule has 25 heavy (non-hydrogen) atoms. The summed E-state index contributed by atoms with van der Waals surface area (Å²) in [6.45, 7) is 1.54. The summed E-state index contributed by atoms with van der Waals surface area (Å²) < 4.78 is 5.04. The molecule has 0 fully saturated rings. The minimum atomic E-state index is 0.534. The molecule has 2 heteroatoms. The van der Waals surface area contributed by atoms with E-state index in [4.69, 9.17) is 4.74 Å². The number of hydrogen-bond acceptors (Lipinski definition) is 2. The molecule has 0 saturated heterocycles. The van der Waals surface area contributed by atoms with Gasteiger partial charge in [-0.2, -0.15) is 0 Å². The molecule has 0 aliphatic heterocycles. The van der Waals surface area contributed by atoms with Gasteiger partial charge in [0.2, 0.25) is 0 Å². The molecular weight excluding hydrogens is 308 g/mol. The van der Waals surface area contributed by atoms with Gasteiger partial charge in [-0.25, -0.2) is 4.79 Å². The Morgan fingerprint density at radius 2 is 1.16 bits per heavy atom. The maximum Gasteiger partial charge on any atom is 0.423 e. The monoisotopic (exact) mass is 321 g/mol. The smallest absolute Gasteiger partial charge is 0.417 e. The second kappa shape index (κ2) is 5.32. The minimum absolute atomic E-state index is 0.534. The Morgan fingerprint density at radius 3 is 1.92 bits per heavy atom. The third kappa shape index (κ3) is 2.15. The first-order valence-electron chi connectivity index (χ1n) is 8.15. The molecule has 0 unspecified atom stereocenters. The van der Waals surface area contributed by atoms with Crippen molar-refractivity contribution >= 4 is 49.6 Å². The van der Waals surface area contributed by atoms with Crippen LogP contribution in [0.15, 0.2) is 78.9 Å². The largest absolute Gasteiger partial charge is 0.423 e. The van der Waals surface area contributed by atoms with Crippen molar-refractivity contribution in [1.29, 1.82) is 0 Å². The van der Waals surface area contributed by atoms with E-state index in [-0.39, 0.29) is 0 Å². The summed E-state index contributed by atoms with van der Waals surface area (Å²) in [7, 11) is 0. The fraction of sp³-hybridized carbons (Fsp3) is 0. The van der Waals surface area contributed by atoms with E-state index in [1.165, 1.54) is 33.4 Å². The first kappa shape index (κ1) is 14.0. The van der Waals surface area contributed by atoms with Crippen molar-refractivity contribution in [2.45, 2.75) is 0 Å². The summed E-state index contributed by atoms with van der Waals surface area (Å²) in [4.78, 5) is 10.7. The van der Waals surface area contributed by atoms with Crippen LogP contribution in [-0.4, -0.2) is 6.47 Å². The fourth-order valence-electron chi connectivity index (χ4n) is 3.63. The van der Waals surface area contributed by atoms with Crippen LogP contribution in [0.3, 0.4) is 0 Å². The van der Waals surface area contributed by atoms with Gasteiger partial charge in [0.25, 0.3) is 0 Å². The molecule has 2 nitrogen and oxygen atoms in total. The van der Waals surface area contributed by atoms with Gasteiger partial charge in [-0.1, -0.05) is 48.5 Å². The minimum Gasteiger partial charge on any atom is -0.417 e. The molecule has 0 aliphatic carbocycles. The van der Waals surface area contributed by atoms with Crippen molar-refractivity contribution in [2.75, 3.05) is 0 Å². The van der Waals surface area contributed by atoms with Gasteiger partial charge < -0.3 is 4.74 Å². The van der Waals surface area contributed by atoms with Gasteiger partial charge in [-0.15, -0.1) is 0 Å². The second-order valence-electron chi connectivity index (χ2n) is 6.22. The predicted molar refractivity (Wildman–Crippen MR) is 103 cm³/mol. The Kier molecular flexibility index (Phi) is 2.98. The topological polar surface area (TPSA) is 26.3 Å². The van der Waals surface area contributed by atoms with Crippen LogP contribution in [0, 0.1) is 0 Å². The van der Waals surface area contributed by atoms with Gasteiger partial charge in [0.05, 0.1) is 0 Å². The Bertz CT molecular complexity index is 1290. The molecule has 5 aromatic carbocycles. The van der Waals surface area contributed by atoms with Gasteiger partial charge >= 0.3 is 6.47 Å². The van der Waals surface area contributed by atoms with E-state index in [1.54, 1.807) is 6.07 Å². The highest BCUT2D eigenvalue weighted by Gasteiger charge is 2.08. The standard InChI is InChI=1S/C23H13O2/c24-14-25-23-7-3-6-17-11-19-9-8-18-10-15-4-1-2-5-16(15)12-20(18)21(19)13-22(17)23/h1-13H. The van der Waals surface area contributed by atoms with Crippen molar-refractivity contribution < 1.29 is 9.53 Å². The zero-order valence-electron chi connectivity index (χ0n) is 13.3. The van der Waals surface area contributed by atoms with Crippen molar-refractivity contribution in [3.8, 4) is 5.75 Å². The molecule has 0 saturated carbocycles. The van der Waals surface area contributed by atoms with Crippen LogP contribution in [0.4, 0.5) is 0 Å². The highest BCUT2D eigenvalue weighted by molar-refractivity contribution is 6.15. The molecule has 0 amide bonds. The lowest BCUT2D eigenvalue weighted by molar-refractivity contribution is 0.445. The van der Waals surface area contributed by atoms with Crippen molar-refractivity contribution in [1.82, 2.24) is 0 Å². The molecule has 0 aliphatic rings.